The van der Waals surface area contributed by atoms with Gasteiger partial charge in [-0.3, -0.25) is 24.2 Å². The summed E-state index contributed by atoms with van der Waals surface area (Å²) in [5.74, 6) is -1.22. The zero-order chi connectivity index (χ0) is 21.6. The highest BCUT2D eigenvalue weighted by Gasteiger charge is 2.51. The van der Waals surface area contributed by atoms with Crippen LogP contribution in [0, 0.1) is 10.8 Å². The Kier molecular flexibility index (Phi) is 6.29. The molecule has 6 nitrogen and oxygen atoms in total. The summed E-state index contributed by atoms with van der Waals surface area (Å²) >= 11 is 0. The number of amides is 2. The molecule has 0 aromatic rings. The lowest BCUT2D eigenvalue weighted by Gasteiger charge is -2.58. The average Bonchev–Trinajstić information content (AvgIpc) is 2.40. The SMILES string of the molecule is CC(=O)N(C(=O)C(C)(C)C)C1CC(C)(C)N(CC(C)(C)C(=O)O)C(C)(C)C1. The number of carbonyl (C=O) groups excluding carboxylic acids is 2. The lowest BCUT2D eigenvalue weighted by Crippen LogP contribution is -2.67. The quantitative estimate of drug-likeness (QED) is 0.805. The van der Waals surface area contributed by atoms with Gasteiger partial charge in [-0.1, -0.05) is 20.8 Å². The Morgan fingerprint density at radius 2 is 1.41 bits per heavy atom. The fraction of sp³-hybridized carbons (Fsp3) is 0.857. The maximum Gasteiger partial charge on any atom is 0.310 e. The molecule has 1 N–H and O–H groups in total. The van der Waals surface area contributed by atoms with Crippen molar-refractivity contribution in [2.45, 2.75) is 99.2 Å². The van der Waals surface area contributed by atoms with E-state index in [1.54, 1.807) is 13.8 Å². The third kappa shape index (κ3) is 5.09. The summed E-state index contributed by atoms with van der Waals surface area (Å²) in [6.45, 7) is 19.1. The van der Waals surface area contributed by atoms with Crippen LogP contribution in [-0.4, -0.2) is 56.4 Å². The van der Waals surface area contributed by atoms with Crippen molar-refractivity contribution in [1.82, 2.24) is 9.80 Å². The lowest BCUT2D eigenvalue weighted by molar-refractivity contribution is -0.160. The Hall–Kier alpha value is -1.43. The molecule has 0 aliphatic carbocycles. The van der Waals surface area contributed by atoms with Gasteiger partial charge >= 0.3 is 5.97 Å². The van der Waals surface area contributed by atoms with Crippen molar-refractivity contribution in [1.29, 1.82) is 0 Å². The number of carboxylic acids is 1. The van der Waals surface area contributed by atoms with Crippen LogP contribution in [0.15, 0.2) is 0 Å². The van der Waals surface area contributed by atoms with Crippen molar-refractivity contribution >= 4 is 17.8 Å². The van der Waals surface area contributed by atoms with Crippen LogP contribution in [0.1, 0.15) is 82.1 Å². The number of hydrogen-bond donors (Lipinski definition) is 1. The van der Waals surface area contributed by atoms with E-state index in [2.05, 4.69) is 32.6 Å². The van der Waals surface area contributed by atoms with Crippen LogP contribution in [0.4, 0.5) is 0 Å². The van der Waals surface area contributed by atoms with Crippen LogP contribution >= 0.6 is 0 Å². The number of carboxylic acid groups (broad SMARTS) is 1. The largest absolute Gasteiger partial charge is 0.481 e. The van der Waals surface area contributed by atoms with Crippen LogP contribution in [0.3, 0.4) is 0 Å². The minimum Gasteiger partial charge on any atom is -0.481 e. The number of hydrogen-bond acceptors (Lipinski definition) is 4. The standard InChI is InChI=1S/C21H38N2O4/c1-14(24)23(16(25)18(2,3)4)15-11-20(7,8)22(21(9,10)12-15)13-19(5,6)17(26)27/h15H,11-13H2,1-10H3,(H,26,27). The van der Waals surface area contributed by atoms with Crippen molar-refractivity contribution < 1.29 is 19.5 Å². The van der Waals surface area contributed by atoms with E-state index in [0.29, 0.717) is 19.4 Å². The van der Waals surface area contributed by atoms with Gasteiger partial charge in [-0.2, -0.15) is 0 Å². The first kappa shape index (κ1) is 23.6. The maximum absolute atomic E-state index is 12.9. The summed E-state index contributed by atoms with van der Waals surface area (Å²) < 4.78 is 0. The molecule has 6 heteroatoms. The normalized spacial score (nSPS) is 21.0. The summed E-state index contributed by atoms with van der Waals surface area (Å²) in [4.78, 5) is 40.6. The van der Waals surface area contributed by atoms with Gasteiger partial charge in [0, 0.05) is 36.0 Å². The maximum atomic E-state index is 12.9. The lowest BCUT2D eigenvalue weighted by atomic mass is 9.74. The summed E-state index contributed by atoms with van der Waals surface area (Å²) in [6, 6.07) is -0.205. The Bertz CT molecular complexity index is 596. The molecule has 1 rings (SSSR count). The van der Waals surface area contributed by atoms with Crippen LogP contribution in [-0.2, 0) is 14.4 Å². The van der Waals surface area contributed by atoms with Crippen molar-refractivity contribution in [3.05, 3.63) is 0 Å². The van der Waals surface area contributed by atoms with E-state index in [4.69, 9.17) is 0 Å². The second-order valence-corrected chi connectivity index (χ2v) is 10.9. The number of likely N-dealkylation sites (tertiary alicyclic amines) is 1. The van der Waals surface area contributed by atoms with E-state index in [0.717, 1.165) is 0 Å². The summed E-state index contributed by atoms with van der Waals surface area (Å²) in [6.07, 6.45) is 1.24. The Morgan fingerprint density at radius 1 is 1.00 bits per heavy atom. The van der Waals surface area contributed by atoms with E-state index in [-0.39, 0.29) is 28.9 Å². The molecule has 0 aromatic heterocycles. The smallest absolute Gasteiger partial charge is 0.310 e. The molecule has 1 aliphatic heterocycles. The molecule has 27 heavy (non-hydrogen) atoms. The molecule has 0 radical (unpaired) electrons. The number of carbonyl (C=O) groups is 3. The third-order valence-corrected chi connectivity index (χ3v) is 5.63. The molecule has 0 unspecified atom stereocenters. The first-order chi connectivity index (χ1) is 11.8. The van der Waals surface area contributed by atoms with E-state index in [1.807, 2.05) is 20.8 Å². The second kappa shape index (κ2) is 7.19. The van der Waals surface area contributed by atoms with Gasteiger partial charge in [0.2, 0.25) is 11.8 Å². The molecule has 0 atom stereocenters. The Labute approximate surface area is 164 Å². The van der Waals surface area contributed by atoms with Gasteiger partial charge in [-0.25, -0.2) is 0 Å². The van der Waals surface area contributed by atoms with Gasteiger partial charge in [0.15, 0.2) is 0 Å². The van der Waals surface area contributed by atoms with Gasteiger partial charge in [0.1, 0.15) is 0 Å². The average molecular weight is 383 g/mol. The Balaban J connectivity index is 3.26. The van der Waals surface area contributed by atoms with Gasteiger partial charge in [-0.05, 0) is 54.4 Å². The molecular formula is C21H38N2O4. The zero-order valence-electron chi connectivity index (χ0n) is 18.8. The van der Waals surface area contributed by atoms with Crippen molar-refractivity contribution in [2.24, 2.45) is 10.8 Å². The molecule has 0 bridgehead atoms. The summed E-state index contributed by atoms with van der Waals surface area (Å²) in [5.41, 5.74) is -2.23. The molecule has 1 heterocycles. The molecule has 0 saturated carbocycles. The molecular weight excluding hydrogens is 344 g/mol. The van der Waals surface area contributed by atoms with Crippen LogP contribution < -0.4 is 0 Å². The second-order valence-electron chi connectivity index (χ2n) is 10.9. The molecule has 0 aromatic carbocycles. The molecule has 0 spiro atoms. The number of imide groups is 1. The minimum absolute atomic E-state index is 0.161. The summed E-state index contributed by atoms with van der Waals surface area (Å²) in [7, 11) is 0. The molecule has 1 aliphatic rings. The molecule has 156 valence electrons. The van der Waals surface area contributed by atoms with Gasteiger partial charge in [0.05, 0.1) is 5.41 Å². The van der Waals surface area contributed by atoms with E-state index < -0.39 is 16.8 Å². The molecule has 1 saturated heterocycles. The fourth-order valence-electron chi connectivity index (χ4n) is 4.27. The number of aliphatic carboxylic acids is 1. The van der Waals surface area contributed by atoms with Gasteiger partial charge in [-0.15, -0.1) is 0 Å². The van der Waals surface area contributed by atoms with Crippen molar-refractivity contribution in [3.8, 4) is 0 Å². The number of nitrogens with zero attached hydrogens (tertiary/aromatic N) is 2. The van der Waals surface area contributed by atoms with Crippen LogP contribution in [0.5, 0.6) is 0 Å². The highest BCUT2D eigenvalue weighted by atomic mass is 16.4. The summed E-state index contributed by atoms with van der Waals surface area (Å²) in [5, 5.41) is 9.56. The topological polar surface area (TPSA) is 77.9 Å². The monoisotopic (exact) mass is 382 g/mol. The van der Waals surface area contributed by atoms with Crippen LogP contribution in [0.2, 0.25) is 0 Å². The zero-order valence-corrected chi connectivity index (χ0v) is 18.8. The molecule has 1 fully saturated rings. The first-order valence-corrected chi connectivity index (χ1v) is 9.68. The number of piperidine rings is 1. The van der Waals surface area contributed by atoms with Gasteiger partial charge < -0.3 is 5.11 Å². The minimum atomic E-state index is -0.886. The van der Waals surface area contributed by atoms with E-state index in [1.165, 1.54) is 11.8 Å². The van der Waals surface area contributed by atoms with Crippen LogP contribution in [0.25, 0.3) is 0 Å². The highest BCUT2D eigenvalue weighted by Crippen LogP contribution is 2.42. The first-order valence-electron chi connectivity index (χ1n) is 9.68. The Morgan fingerprint density at radius 3 is 1.70 bits per heavy atom. The predicted molar refractivity (Wildman–Crippen MR) is 106 cm³/mol. The van der Waals surface area contributed by atoms with E-state index >= 15 is 0 Å². The molecule has 2 amide bonds. The fourth-order valence-corrected chi connectivity index (χ4v) is 4.27. The van der Waals surface area contributed by atoms with Crippen molar-refractivity contribution in [3.63, 3.8) is 0 Å². The van der Waals surface area contributed by atoms with Crippen molar-refractivity contribution in [2.75, 3.05) is 6.54 Å². The predicted octanol–water partition coefficient (Wildman–Crippen LogP) is 3.54. The van der Waals surface area contributed by atoms with Gasteiger partial charge in [0.25, 0.3) is 0 Å². The highest BCUT2D eigenvalue weighted by molar-refractivity contribution is 5.97. The van der Waals surface area contributed by atoms with E-state index in [9.17, 15) is 19.5 Å². The third-order valence-electron chi connectivity index (χ3n) is 5.63. The number of rotatable bonds is 4.